The molecule has 1 N–H and O–H groups in total. The topological polar surface area (TPSA) is 53.2 Å². The molecule has 0 saturated carbocycles. The Balaban J connectivity index is 3.42. The van der Waals surface area contributed by atoms with Crippen molar-refractivity contribution in [3.63, 3.8) is 0 Å². The van der Waals surface area contributed by atoms with Crippen LogP contribution >= 0.6 is 15.9 Å². The van der Waals surface area contributed by atoms with E-state index in [1.54, 1.807) is 20.1 Å². The van der Waals surface area contributed by atoms with Gasteiger partial charge in [0.15, 0.2) is 0 Å². The molecular formula is C11H12BrNO2. The number of nitriles is 1. The number of hydrogen-bond acceptors (Lipinski definition) is 3. The summed E-state index contributed by atoms with van der Waals surface area (Å²) in [6.45, 7) is 3.62. The predicted octanol–water partition coefficient (Wildman–Crippen LogP) is 3.10. The third kappa shape index (κ3) is 2.07. The van der Waals surface area contributed by atoms with Crippen LogP contribution in [0.3, 0.4) is 0 Å². The summed E-state index contributed by atoms with van der Waals surface area (Å²) in [5.41, 5.74) is 1.50. The molecule has 0 aliphatic rings. The number of phenolic OH excluding ortho intramolecular Hbond substituents is 1. The summed E-state index contributed by atoms with van der Waals surface area (Å²) in [7, 11) is 1.54. The second kappa shape index (κ2) is 4.54. The van der Waals surface area contributed by atoms with Gasteiger partial charge in [-0.25, -0.2) is 0 Å². The number of aryl methyl sites for hydroxylation is 1. The van der Waals surface area contributed by atoms with Crippen LogP contribution in [0.2, 0.25) is 0 Å². The van der Waals surface area contributed by atoms with Crippen molar-refractivity contribution >= 4 is 15.9 Å². The van der Waals surface area contributed by atoms with Crippen molar-refractivity contribution < 1.29 is 9.84 Å². The fourth-order valence-corrected chi connectivity index (χ4v) is 2.13. The first-order valence-corrected chi connectivity index (χ1v) is 5.27. The van der Waals surface area contributed by atoms with Gasteiger partial charge >= 0.3 is 0 Å². The molecule has 1 aromatic carbocycles. The highest BCUT2D eigenvalue weighted by atomic mass is 79.9. The summed E-state index contributed by atoms with van der Waals surface area (Å²) in [6, 6.07) is 3.86. The molecule has 15 heavy (non-hydrogen) atoms. The summed E-state index contributed by atoms with van der Waals surface area (Å²) in [5.74, 6) is 0.332. The number of methoxy groups -OCH3 is 1. The second-order valence-electron chi connectivity index (χ2n) is 3.33. The molecule has 0 aliphatic carbocycles. The van der Waals surface area contributed by atoms with Crippen LogP contribution < -0.4 is 4.74 Å². The monoisotopic (exact) mass is 269 g/mol. The average Bonchev–Trinajstić information content (AvgIpc) is 2.23. The molecule has 0 bridgehead atoms. The molecule has 3 nitrogen and oxygen atoms in total. The van der Waals surface area contributed by atoms with Gasteiger partial charge in [-0.3, -0.25) is 0 Å². The van der Waals surface area contributed by atoms with Gasteiger partial charge in [-0.1, -0.05) is 0 Å². The minimum atomic E-state index is -0.342. The Hall–Kier alpha value is -1.21. The number of rotatable bonds is 2. The van der Waals surface area contributed by atoms with E-state index < -0.39 is 0 Å². The summed E-state index contributed by atoms with van der Waals surface area (Å²) < 4.78 is 5.64. The van der Waals surface area contributed by atoms with Crippen LogP contribution in [0.15, 0.2) is 10.5 Å². The summed E-state index contributed by atoms with van der Waals surface area (Å²) in [4.78, 5) is 0. The fraction of sp³-hybridized carbons (Fsp3) is 0.364. The van der Waals surface area contributed by atoms with E-state index in [1.165, 1.54) is 0 Å². The molecule has 0 heterocycles. The Kier molecular flexibility index (Phi) is 3.59. The van der Waals surface area contributed by atoms with Gasteiger partial charge < -0.3 is 9.84 Å². The van der Waals surface area contributed by atoms with E-state index >= 15 is 0 Å². The average molecular weight is 270 g/mol. The molecule has 0 fully saturated rings. The van der Waals surface area contributed by atoms with E-state index in [1.807, 2.05) is 6.92 Å². The Morgan fingerprint density at radius 3 is 2.67 bits per heavy atom. The lowest BCUT2D eigenvalue weighted by atomic mass is 9.99. The maximum Gasteiger partial charge on any atom is 0.139 e. The Morgan fingerprint density at radius 1 is 1.60 bits per heavy atom. The molecule has 0 aliphatic heterocycles. The summed E-state index contributed by atoms with van der Waals surface area (Å²) in [6.07, 6.45) is 0. The van der Waals surface area contributed by atoms with Gasteiger partial charge in [-0.05, 0) is 41.4 Å². The van der Waals surface area contributed by atoms with Crippen molar-refractivity contribution in [3.05, 3.63) is 21.7 Å². The van der Waals surface area contributed by atoms with Crippen LogP contribution in [-0.4, -0.2) is 12.2 Å². The SMILES string of the molecule is COc1c(C)cc(C(C)C#N)c(O)c1Br. The molecule has 4 heteroatoms. The highest BCUT2D eigenvalue weighted by Gasteiger charge is 2.17. The maximum absolute atomic E-state index is 9.86. The van der Waals surface area contributed by atoms with E-state index in [0.717, 1.165) is 5.56 Å². The van der Waals surface area contributed by atoms with Gasteiger partial charge in [0, 0.05) is 5.56 Å². The molecule has 0 amide bonds. The van der Waals surface area contributed by atoms with Gasteiger partial charge in [0.05, 0.1) is 19.1 Å². The Labute approximate surface area is 97.4 Å². The van der Waals surface area contributed by atoms with E-state index in [2.05, 4.69) is 22.0 Å². The molecule has 0 radical (unpaired) electrons. The number of aromatic hydroxyl groups is 1. The lowest BCUT2D eigenvalue weighted by Crippen LogP contribution is -1.96. The second-order valence-corrected chi connectivity index (χ2v) is 4.12. The quantitative estimate of drug-likeness (QED) is 0.898. The first kappa shape index (κ1) is 11.9. The van der Waals surface area contributed by atoms with Crippen molar-refractivity contribution in [2.24, 2.45) is 0 Å². The van der Waals surface area contributed by atoms with Crippen molar-refractivity contribution in [3.8, 4) is 17.6 Å². The first-order chi connectivity index (χ1) is 7.02. The molecule has 1 rings (SSSR count). The van der Waals surface area contributed by atoms with Crippen LogP contribution in [-0.2, 0) is 0 Å². The van der Waals surface area contributed by atoms with Gasteiger partial charge in [0.2, 0.25) is 0 Å². The van der Waals surface area contributed by atoms with E-state index in [0.29, 0.717) is 15.8 Å². The normalized spacial score (nSPS) is 11.9. The van der Waals surface area contributed by atoms with Crippen molar-refractivity contribution in [1.29, 1.82) is 5.26 Å². The third-order valence-corrected chi connectivity index (χ3v) is 3.01. The number of halogens is 1. The zero-order chi connectivity index (χ0) is 11.6. The lowest BCUT2D eigenvalue weighted by molar-refractivity contribution is 0.399. The van der Waals surface area contributed by atoms with Crippen LogP contribution in [0.4, 0.5) is 0 Å². The molecule has 0 spiro atoms. The van der Waals surface area contributed by atoms with Crippen molar-refractivity contribution in [1.82, 2.24) is 0 Å². The number of hydrogen-bond donors (Lipinski definition) is 1. The number of benzene rings is 1. The molecule has 1 aromatic rings. The molecule has 1 atom stereocenters. The van der Waals surface area contributed by atoms with Crippen LogP contribution in [0, 0.1) is 18.3 Å². The van der Waals surface area contributed by atoms with Gasteiger partial charge in [0.1, 0.15) is 16.0 Å². The summed E-state index contributed by atoms with van der Waals surface area (Å²) >= 11 is 3.26. The van der Waals surface area contributed by atoms with Gasteiger partial charge in [-0.2, -0.15) is 5.26 Å². The highest BCUT2D eigenvalue weighted by Crippen LogP contribution is 2.41. The third-order valence-electron chi connectivity index (χ3n) is 2.28. The van der Waals surface area contributed by atoms with Gasteiger partial charge in [0.25, 0.3) is 0 Å². The Morgan fingerprint density at radius 2 is 2.20 bits per heavy atom. The Bertz CT molecular complexity index is 424. The first-order valence-electron chi connectivity index (χ1n) is 4.48. The molecule has 1 unspecified atom stereocenters. The van der Waals surface area contributed by atoms with Crippen LogP contribution in [0.1, 0.15) is 24.0 Å². The van der Waals surface area contributed by atoms with Crippen molar-refractivity contribution in [2.75, 3.05) is 7.11 Å². The zero-order valence-electron chi connectivity index (χ0n) is 8.84. The lowest BCUT2D eigenvalue weighted by Gasteiger charge is -2.14. The molecular weight excluding hydrogens is 258 g/mol. The minimum absolute atomic E-state index is 0.0755. The molecule has 80 valence electrons. The molecule has 0 aromatic heterocycles. The predicted molar refractivity (Wildman–Crippen MR) is 61.1 cm³/mol. The van der Waals surface area contributed by atoms with Crippen LogP contribution in [0.25, 0.3) is 0 Å². The maximum atomic E-state index is 9.86. The smallest absolute Gasteiger partial charge is 0.139 e. The largest absolute Gasteiger partial charge is 0.506 e. The molecule has 0 saturated heterocycles. The summed E-state index contributed by atoms with van der Waals surface area (Å²) in [5, 5.41) is 18.7. The highest BCUT2D eigenvalue weighted by molar-refractivity contribution is 9.10. The number of phenols is 1. The minimum Gasteiger partial charge on any atom is -0.506 e. The van der Waals surface area contributed by atoms with E-state index in [4.69, 9.17) is 10.00 Å². The standard InChI is InChI=1S/C11H12BrNO2/c1-6-4-8(7(2)5-13)10(14)9(12)11(6)15-3/h4,7,14H,1-3H3. The van der Waals surface area contributed by atoms with Gasteiger partial charge in [-0.15, -0.1) is 0 Å². The zero-order valence-corrected chi connectivity index (χ0v) is 10.4. The van der Waals surface area contributed by atoms with E-state index in [-0.39, 0.29) is 11.7 Å². The van der Waals surface area contributed by atoms with Crippen molar-refractivity contribution in [2.45, 2.75) is 19.8 Å². The fourth-order valence-electron chi connectivity index (χ4n) is 1.42. The number of ether oxygens (including phenoxy) is 1. The number of nitrogens with zero attached hydrogens (tertiary/aromatic N) is 1. The van der Waals surface area contributed by atoms with Crippen LogP contribution in [0.5, 0.6) is 11.5 Å². The van der Waals surface area contributed by atoms with E-state index in [9.17, 15) is 5.11 Å².